The first-order chi connectivity index (χ1) is 12.9. The summed E-state index contributed by atoms with van der Waals surface area (Å²) in [6, 6.07) is 13.5. The lowest BCUT2D eigenvalue weighted by atomic mass is 10.1. The van der Waals surface area contributed by atoms with E-state index >= 15 is 0 Å². The van der Waals surface area contributed by atoms with E-state index in [4.69, 9.17) is 16.2 Å². The molecular weight excluding hydrogens is 362 g/mol. The summed E-state index contributed by atoms with van der Waals surface area (Å²) < 4.78 is 5.25. The van der Waals surface area contributed by atoms with Crippen LogP contribution < -0.4 is 16.2 Å². The highest BCUT2D eigenvalue weighted by molar-refractivity contribution is 7.99. The Kier molecular flexibility index (Phi) is 5.66. The van der Waals surface area contributed by atoms with Crippen LogP contribution in [-0.4, -0.2) is 40.7 Å². The Morgan fingerprint density at radius 2 is 1.74 bits per heavy atom. The fraction of sp³-hybridized carbons (Fsp3) is 0.211. The third-order valence-electron chi connectivity index (χ3n) is 4.03. The lowest BCUT2D eigenvalue weighted by Crippen LogP contribution is -2.27. The molecular formula is C19H21N5O2S. The zero-order valence-electron chi connectivity index (χ0n) is 15.2. The number of anilines is 2. The summed E-state index contributed by atoms with van der Waals surface area (Å²) in [5.41, 5.74) is 12.3. The van der Waals surface area contributed by atoms with Gasteiger partial charge in [0.15, 0.2) is 5.16 Å². The number of amides is 1. The van der Waals surface area contributed by atoms with Crippen LogP contribution in [0.1, 0.15) is 5.56 Å². The normalized spacial score (nSPS) is 10.7. The molecule has 3 aromatic rings. The number of hydrogen-bond acceptors (Lipinski definition) is 7. The van der Waals surface area contributed by atoms with E-state index in [-0.39, 0.29) is 11.7 Å². The van der Waals surface area contributed by atoms with E-state index in [2.05, 4.69) is 16.0 Å². The molecule has 1 aromatic heterocycles. The molecule has 140 valence electrons. The maximum Gasteiger partial charge on any atom is 0.233 e. The summed E-state index contributed by atoms with van der Waals surface area (Å²) in [7, 11) is 3.42. The van der Waals surface area contributed by atoms with Crippen molar-refractivity contribution in [3.8, 4) is 5.75 Å². The molecule has 1 heterocycles. The Morgan fingerprint density at radius 3 is 2.44 bits per heavy atom. The van der Waals surface area contributed by atoms with Crippen molar-refractivity contribution in [2.75, 3.05) is 31.4 Å². The monoisotopic (exact) mass is 383 g/mol. The molecule has 7 nitrogen and oxygen atoms in total. The summed E-state index contributed by atoms with van der Waals surface area (Å²) in [5, 5.41) is 2.60. The molecule has 27 heavy (non-hydrogen) atoms. The largest absolute Gasteiger partial charge is 0.497 e. The average molecular weight is 383 g/mol. The Balaban J connectivity index is 1.62. The second-order valence-corrected chi connectivity index (χ2v) is 7.03. The number of methoxy groups -OCH3 is 1. The van der Waals surface area contributed by atoms with Gasteiger partial charge in [-0.25, -0.2) is 9.97 Å². The number of carbonyl (C=O) groups excluding carboxylic acids is 1. The van der Waals surface area contributed by atoms with Crippen molar-refractivity contribution >= 4 is 40.1 Å². The van der Waals surface area contributed by atoms with E-state index in [9.17, 15) is 4.79 Å². The summed E-state index contributed by atoms with van der Waals surface area (Å²) in [4.78, 5) is 22.2. The van der Waals surface area contributed by atoms with Crippen molar-refractivity contribution in [3.05, 3.63) is 48.0 Å². The minimum absolute atomic E-state index is 0.0283. The lowest BCUT2D eigenvalue weighted by Gasteiger charge is -2.17. The minimum Gasteiger partial charge on any atom is -0.497 e. The number of benzene rings is 2. The highest BCUT2D eigenvalue weighted by atomic mass is 32.2. The van der Waals surface area contributed by atoms with Crippen molar-refractivity contribution < 1.29 is 9.53 Å². The third kappa shape index (κ3) is 4.79. The lowest BCUT2D eigenvalue weighted by molar-refractivity contribution is -0.127. The van der Waals surface area contributed by atoms with Gasteiger partial charge in [-0.15, -0.1) is 0 Å². The first-order valence-corrected chi connectivity index (χ1v) is 9.26. The Morgan fingerprint density at radius 1 is 1.07 bits per heavy atom. The first kappa shape index (κ1) is 18.8. The molecule has 0 spiro atoms. The molecule has 4 N–H and O–H groups in total. The van der Waals surface area contributed by atoms with Crippen LogP contribution in [0.15, 0.2) is 47.6 Å². The maximum atomic E-state index is 12.4. The van der Waals surface area contributed by atoms with Gasteiger partial charge >= 0.3 is 0 Å². The van der Waals surface area contributed by atoms with Crippen LogP contribution in [0.25, 0.3) is 10.8 Å². The van der Waals surface area contributed by atoms with Gasteiger partial charge in [-0.3, -0.25) is 4.79 Å². The third-order valence-corrected chi connectivity index (χ3v) is 4.86. The van der Waals surface area contributed by atoms with Gasteiger partial charge < -0.3 is 21.1 Å². The number of thioether (sulfide) groups is 1. The molecule has 0 unspecified atom stereocenters. The van der Waals surface area contributed by atoms with Crippen molar-refractivity contribution in [2.24, 2.45) is 0 Å². The van der Waals surface area contributed by atoms with E-state index in [1.54, 1.807) is 19.1 Å². The number of nitrogen functional groups attached to an aromatic ring is 2. The summed E-state index contributed by atoms with van der Waals surface area (Å²) in [6.45, 7) is 0.515. The van der Waals surface area contributed by atoms with Crippen LogP contribution in [0.4, 0.5) is 11.6 Å². The molecule has 0 fully saturated rings. The number of nitrogens with zero attached hydrogens (tertiary/aromatic N) is 3. The molecule has 3 rings (SSSR count). The number of carbonyl (C=O) groups is 1. The zero-order chi connectivity index (χ0) is 19.4. The van der Waals surface area contributed by atoms with E-state index < -0.39 is 0 Å². The number of fused-ring (bicyclic) bond motifs is 1. The van der Waals surface area contributed by atoms with Gasteiger partial charge in [0, 0.05) is 19.7 Å². The summed E-state index contributed by atoms with van der Waals surface area (Å²) in [5.74, 6) is 1.59. The predicted octanol–water partition coefficient (Wildman–Crippen LogP) is 2.55. The number of aromatic nitrogens is 2. The van der Waals surface area contributed by atoms with Crippen LogP contribution in [0.5, 0.6) is 5.75 Å². The number of hydrogen-bond donors (Lipinski definition) is 2. The van der Waals surface area contributed by atoms with Gasteiger partial charge in [0.2, 0.25) is 5.91 Å². The molecule has 0 radical (unpaired) electrons. The van der Waals surface area contributed by atoms with Crippen molar-refractivity contribution in [1.29, 1.82) is 0 Å². The highest BCUT2D eigenvalue weighted by Crippen LogP contribution is 2.23. The molecule has 0 aliphatic heterocycles. The quantitative estimate of drug-likeness (QED) is 0.497. The van der Waals surface area contributed by atoms with E-state index in [1.165, 1.54) is 17.8 Å². The van der Waals surface area contributed by atoms with Crippen LogP contribution >= 0.6 is 11.8 Å². The van der Waals surface area contributed by atoms with E-state index in [0.717, 1.165) is 22.1 Å². The smallest absolute Gasteiger partial charge is 0.233 e. The van der Waals surface area contributed by atoms with Crippen LogP contribution in [0.2, 0.25) is 0 Å². The van der Waals surface area contributed by atoms with Gasteiger partial charge in [-0.1, -0.05) is 30.0 Å². The summed E-state index contributed by atoms with van der Waals surface area (Å²) >= 11 is 1.22. The van der Waals surface area contributed by atoms with Crippen molar-refractivity contribution in [1.82, 2.24) is 14.9 Å². The molecule has 8 heteroatoms. The van der Waals surface area contributed by atoms with Crippen LogP contribution in [0, 0.1) is 0 Å². The number of nitrogens with two attached hydrogens (primary N) is 2. The second kappa shape index (κ2) is 8.13. The van der Waals surface area contributed by atoms with E-state index in [0.29, 0.717) is 23.3 Å². The van der Waals surface area contributed by atoms with Gasteiger partial charge in [0.25, 0.3) is 0 Å². The molecule has 0 saturated heterocycles. The minimum atomic E-state index is -0.0283. The Hall–Kier alpha value is -3.00. The average Bonchev–Trinajstić information content (AvgIpc) is 2.64. The fourth-order valence-corrected chi connectivity index (χ4v) is 3.44. The number of ether oxygens (including phenoxy) is 1. The summed E-state index contributed by atoms with van der Waals surface area (Å²) in [6.07, 6.45) is 0. The zero-order valence-corrected chi connectivity index (χ0v) is 16.0. The molecule has 0 atom stereocenters. The van der Waals surface area contributed by atoms with Crippen LogP contribution in [-0.2, 0) is 11.3 Å². The topological polar surface area (TPSA) is 107 Å². The fourth-order valence-electron chi connectivity index (χ4n) is 2.62. The molecule has 0 bridgehead atoms. The SMILES string of the molecule is COc1ccc2cc(CN(C)C(=O)CSc3nc(N)cc(N)n3)ccc2c1. The first-order valence-electron chi connectivity index (χ1n) is 8.28. The molecule has 1 amide bonds. The van der Waals surface area contributed by atoms with Crippen molar-refractivity contribution in [2.45, 2.75) is 11.7 Å². The molecule has 0 saturated carbocycles. The number of rotatable bonds is 6. The van der Waals surface area contributed by atoms with Crippen LogP contribution in [0.3, 0.4) is 0 Å². The van der Waals surface area contributed by atoms with Gasteiger partial charge in [-0.2, -0.15) is 0 Å². The molecule has 0 aliphatic carbocycles. The van der Waals surface area contributed by atoms with Crippen molar-refractivity contribution in [3.63, 3.8) is 0 Å². The standard InChI is InChI=1S/C19H21N5O2S/c1-24(18(25)11-27-19-22-16(20)9-17(21)23-19)10-12-3-4-14-8-15(26-2)6-5-13(14)7-12/h3-9H,10-11H2,1-2H3,(H4,20,21,22,23). The highest BCUT2D eigenvalue weighted by Gasteiger charge is 2.12. The van der Waals surface area contributed by atoms with E-state index in [1.807, 2.05) is 30.3 Å². The maximum absolute atomic E-state index is 12.4. The van der Waals surface area contributed by atoms with Gasteiger partial charge in [-0.05, 0) is 34.5 Å². The Labute approximate surface area is 161 Å². The second-order valence-electron chi connectivity index (χ2n) is 6.09. The molecule has 2 aromatic carbocycles. The van der Waals surface area contributed by atoms with Gasteiger partial charge in [0.05, 0.1) is 12.9 Å². The van der Waals surface area contributed by atoms with Gasteiger partial charge in [0.1, 0.15) is 17.4 Å². The molecule has 0 aliphatic rings. The predicted molar refractivity (Wildman–Crippen MR) is 109 cm³/mol. The Bertz CT molecular complexity index is 959.